The number of carbonyl (C=O) groups excluding carboxylic acids is 1. The summed E-state index contributed by atoms with van der Waals surface area (Å²) in [6, 6.07) is 9.62. The number of thioether (sulfide) groups is 1. The zero-order chi connectivity index (χ0) is 17.4. The molecule has 0 radical (unpaired) electrons. The third-order valence-corrected chi connectivity index (χ3v) is 5.41. The van der Waals surface area contributed by atoms with E-state index in [0.29, 0.717) is 11.7 Å². The second-order valence-electron chi connectivity index (χ2n) is 6.44. The molecule has 2 aromatic heterocycles. The summed E-state index contributed by atoms with van der Waals surface area (Å²) in [5, 5.41) is 13.2. The lowest BCUT2D eigenvalue weighted by Gasteiger charge is -2.11. The molecular weight excluding hydrogens is 336 g/mol. The molecule has 4 rings (SSSR count). The number of hydrogen-bond donors (Lipinski definition) is 1. The number of aromatic nitrogens is 3. The van der Waals surface area contributed by atoms with E-state index in [-0.39, 0.29) is 11.9 Å². The molecule has 6 nitrogen and oxygen atoms in total. The van der Waals surface area contributed by atoms with Gasteiger partial charge in [0.1, 0.15) is 17.2 Å². The maximum absolute atomic E-state index is 12.2. The molecule has 130 valence electrons. The van der Waals surface area contributed by atoms with Crippen molar-refractivity contribution in [1.82, 2.24) is 20.1 Å². The van der Waals surface area contributed by atoms with Crippen LogP contribution in [0.3, 0.4) is 0 Å². The van der Waals surface area contributed by atoms with Crippen LogP contribution in [0.15, 0.2) is 39.9 Å². The van der Waals surface area contributed by atoms with Gasteiger partial charge in [-0.3, -0.25) is 4.79 Å². The molecule has 1 aromatic carbocycles. The zero-order valence-electron chi connectivity index (χ0n) is 14.2. The Labute approximate surface area is 150 Å². The van der Waals surface area contributed by atoms with Gasteiger partial charge >= 0.3 is 0 Å². The molecule has 3 aromatic rings. The summed E-state index contributed by atoms with van der Waals surface area (Å²) in [4.78, 5) is 12.2. The molecule has 0 saturated heterocycles. The van der Waals surface area contributed by atoms with Gasteiger partial charge in [-0.05, 0) is 31.9 Å². The fourth-order valence-corrected chi connectivity index (χ4v) is 3.58. The Morgan fingerprint density at radius 1 is 1.40 bits per heavy atom. The summed E-state index contributed by atoms with van der Waals surface area (Å²) < 4.78 is 7.80. The first-order valence-electron chi connectivity index (χ1n) is 8.41. The van der Waals surface area contributed by atoms with Crippen molar-refractivity contribution in [2.24, 2.45) is 7.05 Å². The van der Waals surface area contributed by atoms with Crippen LogP contribution in [0.4, 0.5) is 0 Å². The van der Waals surface area contributed by atoms with Crippen LogP contribution in [0.5, 0.6) is 0 Å². The summed E-state index contributed by atoms with van der Waals surface area (Å²) in [6.07, 6.45) is 2.37. The molecule has 0 aliphatic heterocycles. The highest BCUT2D eigenvalue weighted by Crippen LogP contribution is 2.39. The number of furan rings is 1. The standard InChI is InChI=1S/C18H20N4O2S/c1-11(15-9-13-5-3-4-6-14(13)24-15)19-16(23)10-25-18-21-20-17(22(18)2)12-7-8-12/h3-6,9,11-12H,7-8,10H2,1-2H3,(H,19,23). The minimum absolute atomic E-state index is 0.0473. The van der Waals surface area contributed by atoms with Crippen LogP contribution < -0.4 is 5.32 Å². The Hall–Kier alpha value is -2.28. The van der Waals surface area contributed by atoms with Gasteiger partial charge in [-0.15, -0.1) is 10.2 Å². The predicted octanol–water partition coefficient (Wildman–Crippen LogP) is 3.41. The van der Waals surface area contributed by atoms with E-state index in [4.69, 9.17) is 4.42 Å². The van der Waals surface area contributed by atoms with Gasteiger partial charge in [-0.2, -0.15) is 0 Å². The largest absolute Gasteiger partial charge is 0.459 e. The minimum Gasteiger partial charge on any atom is -0.459 e. The lowest BCUT2D eigenvalue weighted by molar-refractivity contribution is -0.119. The number of fused-ring (bicyclic) bond motifs is 1. The number of hydrogen-bond acceptors (Lipinski definition) is 5. The van der Waals surface area contributed by atoms with E-state index in [9.17, 15) is 4.79 Å². The molecule has 1 aliphatic carbocycles. The van der Waals surface area contributed by atoms with Crippen LogP contribution >= 0.6 is 11.8 Å². The van der Waals surface area contributed by atoms with Crippen LogP contribution in [0.25, 0.3) is 11.0 Å². The normalized spacial score (nSPS) is 15.4. The molecule has 0 bridgehead atoms. The van der Waals surface area contributed by atoms with E-state index in [2.05, 4.69) is 15.5 Å². The van der Waals surface area contributed by atoms with E-state index in [1.54, 1.807) is 0 Å². The lowest BCUT2D eigenvalue weighted by Crippen LogP contribution is -2.28. The molecule has 0 spiro atoms. The van der Waals surface area contributed by atoms with Crippen molar-refractivity contribution in [3.8, 4) is 0 Å². The van der Waals surface area contributed by atoms with E-state index in [0.717, 1.165) is 27.7 Å². The number of rotatable bonds is 6. The molecule has 1 aliphatic rings. The van der Waals surface area contributed by atoms with Crippen molar-refractivity contribution in [3.05, 3.63) is 41.9 Å². The Balaban J connectivity index is 1.35. The van der Waals surface area contributed by atoms with Gasteiger partial charge in [0.25, 0.3) is 0 Å². The fraction of sp³-hybridized carbons (Fsp3) is 0.389. The molecule has 25 heavy (non-hydrogen) atoms. The fourth-order valence-electron chi connectivity index (χ4n) is 2.85. The third kappa shape index (κ3) is 3.42. The number of benzene rings is 1. The van der Waals surface area contributed by atoms with E-state index < -0.39 is 0 Å². The molecule has 1 unspecified atom stereocenters. The second-order valence-corrected chi connectivity index (χ2v) is 7.38. The molecule has 1 atom stereocenters. The van der Waals surface area contributed by atoms with Crippen molar-refractivity contribution in [2.45, 2.75) is 36.9 Å². The SMILES string of the molecule is CC(NC(=O)CSc1nnc(C2CC2)n1C)c1cc2ccccc2o1. The van der Waals surface area contributed by atoms with Crippen molar-refractivity contribution >= 4 is 28.6 Å². The van der Waals surface area contributed by atoms with E-state index in [1.807, 2.05) is 48.9 Å². The Kier molecular flexibility index (Phi) is 4.25. The minimum atomic E-state index is -0.179. The predicted molar refractivity (Wildman–Crippen MR) is 96.5 cm³/mol. The van der Waals surface area contributed by atoms with Crippen molar-refractivity contribution < 1.29 is 9.21 Å². The van der Waals surface area contributed by atoms with E-state index in [1.165, 1.54) is 24.6 Å². The van der Waals surface area contributed by atoms with Crippen molar-refractivity contribution in [1.29, 1.82) is 0 Å². The van der Waals surface area contributed by atoms with Crippen LogP contribution in [0.1, 0.15) is 43.3 Å². The average Bonchev–Trinajstić information content (AvgIpc) is 3.23. The second kappa shape index (κ2) is 6.55. The molecule has 1 N–H and O–H groups in total. The Morgan fingerprint density at radius 2 is 2.20 bits per heavy atom. The highest BCUT2D eigenvalue weighted by Gasteiger charge is 2.29. The third-order valence-electron chi connectivity index (χ3n) is 4.39. The summed E-state index contributed by atoms with van der Waals surface area (Å²) in [7, 11) is 1.96. The van der Waals surface area contributed by atoms with Crippen molar-refractivity contribution in [2.75, 3.05) is 5.75 Å². The molecule has 2 heterocycles. The van der Waals surface area contributed by atoms with Gasteiger partial charge in [-0.1, -0.05) is 30.0 Å². The molecule has 1 amide bonds. The van der Waals surface area contributed by atoms with Gasteiger partial charge in [-0.25, -0.2) is 0 Å². The van der Waals surface area contributed by atoms with Gasteiger partial charge in [0.15, 0.2) is 5.16 Å². The zero-order valence-corrected chi connectivity index (χ0v) is 15.0. The first-order chi connectivity index (χ1) is 12.1. The quantitative estimate of drug-likeness (QED) is 0.685. The highest BCUT2D eigenvalue weighted by atomic mass is 32.2. The maximum Gasteiger partial charge on any atom is 0.231 e. The van der Waals surface area contributed by atoms with Crippen LogP contribution in [-0.4, -0.2) is 26.4 Å². The summed E-state index contributed by atoms with van der Waals surface area (Å²) in [5.41, 5.74) is 0.833. The van der Waals surface area contributed by atoms with Gasteiger partial charge < -0.3 is 14.3 Å². The number of carbonyl (C=O) groups is 1. The van der Waals surface area contributed by atoms with Crippen molar-refractivity contribution in [3.63, 3.8) is 0 Å². The molecule has 1 fully saturated rings. The van der Waals surface area contributed by atoms with Gasteiger partial charge in [0, 0.05) is 18.4 Å². The number of nitrogens with zero attached hydrogens (tertiary/aromatic N) is 3. The summed E-state index contributed by atoms with van der Waals surface area (Å²) in [6.45, 7) is 1.92. The first-order valence-corrected chi connectivity index (χ1v) is 9.40. The van der Waals surface area contributed by atoms with Crippen LogP contribution in [0, 0.1) is 0 Å². The molecule has 7 heteroatoms. The molecule has 1 saturated carbocycles. The smallest absolute Gasteiger partial charge is 0.231 e. The molecular formula is C18H20N4O2S. The lowest BCUT2D eigenvalue weighted by atomic mass is 10.2. The van der Waals surface area contributed by atoms with Crippen LogP contribution in [0.2, 0.25) is 0 Å². The monoisotopic (exact) mass is 356 g/mol. The van der Waals surface area contributed by atoms with E-state index >= 15 is 0 Å². The summed E-state index contributed by atoms with van der Waals surface area (Å²) >= 11 is 1.41. The number of amides is 1. The number of para-hydroxylation sites is 1. The highest BCUT2D eigenvalue weighted by molar-refractivity contribution is 7.99. The Bertz CT molecular complexity index is 880. The topological polar surface area (TPSA) is 73.0 Å². The maximum atomic E-state index is 12.2. The first kappa shape index (κ1) is 16.2. The van der Waals surface area contributed by atoms with Gasteiger partial charge in [0.2, 0.25) is 5.91 Å². The average molecular weight is 356 g/mol. The van der Waals surface area contributed by atoms with Crippen LogP contribution in [-0.2, 0) is 11.8 Å². The number of nitrogens with one attached hydrogen (secondary N) is 1. The van der Waals surface area contributed by atoms with Gasteiger partial charge in [0.05, 0.1) is 11.8 Å². The summed E-state index contributed by atoms with van der Waals surface area (Å²) in [5.74, 6) is 2.59. The Morgan fingerprint density at radius 3 is 2.96 bits per heavy atom.